The molecule has 0 spiro atoms. The molecule has 0 aliphatic heterocycles. The molecule has 0 fully saturated rings. The number of hydrogen-bond acceptors (Lipinski definition) is 4. The molecule has 1 amide bonds. The van der Waals surface area contributed by atoms with Gasteiger partial charge in [-0.1, -0.05) is 72.8 Å². The lowest BCUT2D eigenvalue weighted by molar-refractivity contribution is -0.124. The van der Waals surface area contributed by atoms with E-state index in [0.717, 1.165) is 0 Å². The normalized spacial score (nSPS) is 10.5. The molecule has 0 aromatic heterocycles. The van der Waals surface area contributed by atoms with E-state index in [9.17, 15) is 14.7 Å². The molecule has 0 aliphatic carbocycles. The van der Waals surface area contributed by atoms with Gasteiger partial charge in [-0.25, -0.2) is 4.79 Å². The lowest BCUT2D eigenvalue weighted by atomic mass is 9.88. The summed E-state index contributed by atoms with van der Waals surface area (Å²) < 4.78 is 4.99. The molecule has 29 heavy (non-hydrogen) atoms. The molecule has 0 atom stereocenters. The first kappa shape index (κ1) is 20.1. The number of rotatable bonds is 8. The maximum absolute atomic E-state index is 12.1. The average Bonchev–Trinajstić information content (AvgIpc) is 2.76. The third-order valence-electron chi connectivity index (χ3n) is 4.62. The molecule has 3 aromatic rings. The van der Waals surface area contributed by atoms with Crippen LogP contribution in [0.1, 0.15) is 33.8 Å². The van der Waals surface area contributed by atoms with Gasteiger partial charge in [-0.05, 0) is 29.7 Å². The Morgan fingerprint density at radius 2 is 1.38 bits per heavy atom. The second kappa shape index (κ2) is 10.1. The Morgan fingerprint density at radius 1 is 0.828 bits per heavy atom. The molecular weight excluding hydrogens is 366 g/mol. The van der Waals surface area contributed by atoms with Crippen molar-refractivity contribution in [2.75, 3.05) is 13.2 Å². The Kier molecular flexibility index (Phi) is 7.00. The van der Waals surface area contributed by atoms with Crippen molar-refractivity contribution in [3.63, 3.8) is 0 Å². The van der Waals surface area contributed by atoms with Crippen LogP contribution in [0, 0.1) is 0 Å². The molecule has 3 aromatic carbocycles. The van der Waals surface area contributed by atoms with Gasteiger partial charge >= 0.3 is 5.97 Å². The van der Waals surface area contributed by atoms with Gasteiger partial charge in [0.15, 0.2) is 6.61 Å². The predicted molar refractivity (Wildman–Crippen MR) is 111 cm³/mol. The van der Waals surface area contributed by atoms with Crippen molar-refractivity contribution in [2.24, 2.45) is 0 Å². The first-order valence-electron chi connectivity index (χ1n) is 9.47. The second-order valence-electron chi connectivity index (χ2n) is 6.61. The van der Waals surface area contributed by atoms with Gasteiger partial charge in [-0.3, -0.25) is 4.79 Å². The average molecular weight is 389 g/mol. The zero-order chi connectivity index (χ0) is 20.5. The van der Waals surface area contributed by atoms with Crippen LogP contribution in [-0.2, 0) is 9.53 Å². The highest BCUT2D eigenvalue weighted by atomic mass is 16.5. The van der Waals surface area contributed by atoms with Crippen LogP contribution in [0.25, 0.3) is 0 Å². The number of hydrogen-bond donors (Lipinski definition) is 2. The number of para-hydroxylation sites is 1. The highest BCUT2D eigenvalue weighted by Gasteiger charge is 2.16. The van der Waals surface area contributed by atoms with Crippen molar-refractivity contribution in [2.45, 2.75) is 12.3 Å². The van der Waals surface area contributed by atoms with E-state index >= 15 is 0 Å². The highest BCUT2D eigenvalue weighted by molar-refractivity contribution is 5.93. The smallest absolute Gasteiger partial charge is 0.342 e. The maximum Gasteiger partial charge on any atom is 0.342 e. The fraction of sp³-hybridized carbons (Fsp3) is 0.167. The molecule has 2 N–H and O–H groups in total. The Hall–Kier alpha value is -3.60. The van der Waals surface area contributed by atoms with Crippen LogP contribution in [0.5, 0.6) is 5.75 Å². The SMILES string of the molecule is O=C(COC(=O)c1ccccc1O)NCCC(c1ccccc1)c1ccccc1. The Bertz CT molecular complexity index is 902. The summed E-state index contributed by atoms with van der Waals surface area (Å²) >= 11 is 0. The van der Waals surface area contributed by atoms with E-state index in [1.807, 2.05) is 36.4 Å². The molecule has 5 heteroatoms. The van der Waals surface area contributed by atoms with Crippen LogP contribution in [0.15, 0.2) is 84.9 Å². The summed E-state index contributed by atoms with van der Waals surface area (Å²) in [5.41, 5.74) is 2.39. The van der Waals surface area contributed by atoms with Crippen LogP contribution in [0.4, 0.5) is 0 Å². The van der Waals surface area contributed by atoms with Crippen molar-refractivity contribution in [1.82, 2.24) is 5.32 Å². The minimum absolute atomic E-state index is 0.0357. The molecule has 0 aliphatic rings. The first-order chi connectivity index (χ1) is 14.1. The monoisotopic (exact) mass is 389 g/mol. The van der Waals surface area contributed by atoms with Crippen molar-refractivity contribution in [3.05, 3.63) is 102 Å². The first-order valence-corrected chi connectivity index (χ1v) is 9.47. The quantitative estimate of drug-likeness (QED) is 0.573. The summed E-state index contributed by atoms with van der Waals surface area (Å²) in [5.74, 6) is -1.13. The number of esters is 1. The molecular formula is C24H23NO4. The fourth-order valence-corrected chi connectivity index (χ4v) is 3.16. The number of nitrogens with one attached hydrogen (secondary N) is 1. The summed E-state index contributed by atoms with van der Waals surface area (Å²) in [6.45, 7) is 0.0515. The number of carbonyl (C=O) groups excluding carboxylic acids is 2. The zero-order valence-electron chi connectivity index (χ0n) is 16.0. The van der Waals surface area contributed by atoms with Crippen LogP contribution < -0.4 is 5.32 Å². The molecule has 0 heterocycles. The molecule has 0 saturated carbocycles. The summed E-state index contributed by atoms with van der Waals surface area (Å²) in [7, 11) is 0. The highest BCUT2D eigenvalue weighted by Crippen LogP contribution is 2.27. The molecule has 5 nitrogen and oxygen atoms in total. The van der Waals surface area contributed by atoms with E-state index in [4.69, 9.17) is 4.74 Å². The standard InChI is InChI=1S/C24H23NO4/c26-22-14-8-7-13-21(22)24(28)29-17-23(27)25-16-15-20(18-9-3-1-4-10-18)19-11-5-2-6-12-19/h1-14,20,26H,15-17H2,(H,25,27). The van der Waals surface area contributed by atoms with E-state index in [1.165, 1.54) is 23.3 Å². The third-order valence-corrected chi connectivity index (χ3v) is 4.62. The fourth-order valence-electron chi connectivity index (χ4n) is 3.16. The number of aromatic hydroxyl groups is 1. The molecule has 3 rings (SSSR count). The van der Waals surface area contributed by atoms with Gasteiger partial charge in [0.1, 0.15) is 11.3 Å². The number of ether oxygens (including phenoxy) is 1. The lowest BCUT2D eigenvalue weighted by Gasteiger charge is -2.18. The Labute approximate surface area is 170 Å². The topological polar surface area (TPSA) is 75.6 Å². The predicted octanol–water partition coefficient (Wildman–Crippen LogP) is 3.89. The second-order valence-corrected chi connectivity index (χ2v) is 6.61. The number of benzene rings is 3. The van der Waals surface area contributed by atoms with Gasteiger partial charge in [0, 0.05) is 12.5 Å². The number of amides is 1. The Balaban J connectivity index is 1.52. The van der Waals surface area contributed by atoms with Gasteiger partial charge in [0.05, 0.1) is 0 Å². The maximum atomic E-state index is 12.1. The molecule has 0 radical (unpaired) electrons. The number of carbonyl (C=O) groups is 2. The van der Waals surface area contributed by atoms with E-state index < -0.39 is 12.6 Å². The van der Waals surface area contributed by atoms with Crippen LogP contribution in [-0.4, -0.2) is 30.1 Å². The van der Waals surface area contributed by atoms with Crippen molar-refractivity contribution >= 4 is 11.9 Å². The molecule has 0 saturated heterocycles. The van der Waals surface area contributed by atoms with E-state index in [-0.39, 0.29) is 23.1 Å². The van der Waals surface area contributed by atoms with E-state index in [1.54, 1.807) is 12.1 Å². The van der Waals surface area contributed by atoms with Gasteiger partial charge in [0.2, 0.25) is 0 Å². The van der Waals surface area contributed by atoms with Gasteiger partial charge < -0.3 is 15.2 Å². The summed E-state index contributed by atoms with van der Waals surface area (Å²) in [5, 5.41) is 12.5. The minimum atomic E-state index is -0.732. The van der Waals surface area contributed by atoms with Gasteiger partial charge in [0.25, 0.3) is 5.91 Å². The van der Waals surface area contributed by atoms with E-state index in [2.05, 4.69) is 29.6 Å². The number of phenols is 1. The van der Waals surface area contributed by atoms with Crippen molar-refractivity contribution in [3.8, 4) is 5.75 Å². The Morgan fingerprint density at radius 3 is 1.97 bits per heavy atom. The van der Waals surface area contributed by atoms with Crippen LogP contribution >= 0.6 is 0 Å². The van der Waals surface area contributed by atoms with Crippen LogP contribution in [0.3, 0.4) is 0 Å². The third kappa shape index (κ3) is 5.69. The largest absolute Gasteiger partial charge is 0.507 e. The van der Waals surface area contributed by atoms with Crippen molar-refractivity contribution < 1.29 is 19.4 Å². The minimum Gasteiger partial charge on any atom is -0.507 e. The molecule has 148 valence electrons. The zero-order valence-corrected chi connectivity index (χ0v) is 16.0. The van der Waals surface area contributed by atoms with Crippen molar-refractivity contribution in [1.29, 1.82) is 0 Å². The summed E-state index contributed by atoms with van der Waals surface area (Å²) in [6, 6.07) is 26.3. The van der Waals surface area contributed by atoms with Gasteiger partial charge in [-0.2, -0.15) is 0 Å². The lowest BCUT2D eigenvalue weighted by Crippen LogP contribution is -2.30. The molecule has 0 bridgehead atoms. The van der Waals surface area contributed by atoms with E-state index in [0.29, 0.717) is 13.0 Å². The summed E-state index contributed by atoms with van der Waals surface area (Å²) in [4.78, 5) is 24.0. The van der Waals surface area contributed by atoms with Gasteiger partial charge in [-0.15, -0.1) is 0 Å². The molecule has 0 unspecified atom stereocenters. The summed E-state index contributed by atoms with van der Waals surface area (Å²) in [6.07, 6.45) is 0.715. The number of phenolic OH excluding ortho intramolecular Hbond substituents is 1. The van der Waals surface area contributed by atoms with Crippen LogP contribution in [0.2, 0.25) is 0 Å².